The van der Waals surface area contributed by atoms with Gasteiger partial charge in [-0.1, -0.05) is 29.8 Å². The van der Waals surface area contributed by atoms with Gasteiger partial charge in [-0.25, -0.2) is 0 Å². The van der Waals surface area contributed by atoms with Crippen LogP contribution in [0.5, 0.6) is 0 Å². The maximum absolute atomic E-state index is 3.36. The highest BCUT2D eigenvalue weighted by atomic mass is 79.9. The van der Waals surface area contributed by atoms with E-state index in [9.17, 15) is 0 Å². The van der Waals surface area contributed by atoms with Crippen molar-refractivity contribution in [1.82, 2.24) is 4.90 Å². The molecule has 2 heteroatoms. The molecule has 0 heterocycles. The Labute approximate surface area is 53.8 Å². The van der Waals surface area contributed by atoms with Crippen LogP contribution in [0.1, 0.15) is 13.8 Å². The van der Waals surface area contributed by atoms with E-state index in [2.05, 4.69) is 34.7 Å². The van der Waals surface area contributed by atoms with Gasteiger partial charge in [0.25, 0.3) is 0 Å². The SMILES string of the molecule is CCN(CC)CBr. The van der Waals surface area contributed by atoms with Gasteiger partial charge in [-0.3, -0.25) is 4.90 Å². The van der Waals surface area contributed by atoms with Gasteiger partial charge >= 0.3 is 0 Å². The molecular formula is C5H12BrN. The van der Waals surface area contributed by atoms with Gasteiger partial charge in [-0.05, 0) is 13.1 Å². The average Bonchev–Trinajstić information content (AvgIpc) is 1.72. The predicted octanol–water partition coefficient (Wildman–Crippen LogP) is 1.68. The molecule has 0 aliphatic rings. The van der Waals surface area contributed by atoms with Crippen LogP contribution in [0.2, 0.25) is 0 Å². The first-order valence-corrected chi connectivity index (χ1v) is 3.75. The van der Waals surface area contributed by atoms with Crippen LogP contribution in [-0.2, 0) is 0 Å². The van der Waals surface area contributed by atoms with E-state index in [1.54, 1.807) is 0 Å². The number of hydrogen-bond acceptors (Lipinski definition) is 1. The summed E-state index contributed by atoms with van der Waals surface area (Å²) in [6.07, 6.45) is 0. The standard InChI is InChI=1S/C5H12BrN/c1-3-7(4-2)5-6/h3-5H2,1-2H3. The highest BCUT2D eigenvalue weighted by Gasteiger charge is 1.90. The Balaban J connectivity index is 2.99. The van der Waals surface area contributed by atoms with Crippen molar-refractivity contribution in [3.05, 3.63) is 0 Å². The quantitative estimate of drug-likeness (QED) is 0.455. The summed E-state index contributed by atoms with van der Waals surface area (Å²) in [5.74, 6) is 0. The van der Waals surface area contributed by atoms with Gasteiger partial charge in [-0.2, -0.15) is 0 Å². The number of alkyl halides is 1. The van der Waals surface area contributed by atoms with Gasteiger partial charge in [0.1, 0.15) is 0 Å². The summed E-state index contributed by atoms with van der Waals surface area (Å²) in [6.45, 7) is 6.60. The minimum absolute atomic E-state index is 1.00. The first kappa shape index (κ1) is 7.44. The van der Waals surface area contributed by atoms with Gasteiger partial charge in [0.05, 0.1) is 5.45 Å². The van der Waals surface area contributed by atoms with Gasteiger partial charge in [0, 0.05) is 0 Å². The minimum Gasteiger partial charge on any atom is -0.294 e. The Kier molecular flexibility index (Phi) is 4.88. The molecule has 0 bridgehead atoms. The fourth-order valence-corrected chi connectivity index (χ4v) is 1.10. The highest BCUT2D eigenvalue weighted by Crippen LogP contribution is 1.89. The van der Waals surface area contributed by atoms with Crippen LogP contribution in [-0.4, -0.2) is 23.4 Å². The van der Waals surface area contributed by atoms with Crippen molar-refractivity contribution < 1.29 is 0 Å². The Morgan fingerprint density at radius 1 is 1.29 bits per heavy atom. The molecule has 1 nitrogen and oxygen atoms in total. The molecule has 0 aromatic carbocycles. The molecule has 0 N–H and O–H groups in total. The lowest BCUT2D eigenvalue weighted by atomic mass is 10.6. The van der Waals surface area contributed by atoms with Crippen molar-refractivity contribution in [3.63, 3.8) is 0 Å². The highest BCUT2D eigenvalue weighted by molar-refractivity contribution is 9.09. The Bertz CT molecular complexity index is 29.6. The lowest BCUT2D eigenvalue weighted by Gasteiger charge is -2.12. The fourth-order valence-electron chi connectivity index (χ4n) is 0.393. The summed E-state index contributed by atoms with van der Waals surface area (Å²) in [4.78, 5) is 2.29. The Morgan fingerprint density at radius 3 is 1.71 bits per heavy atom. The van der Waals surface area contributed by atoms with E-state index in [1.807, 2.05) is 0 Å². The number of hydrogen-bond donors (Lipinski definition) is 0. The molecule has 0 aromatic rings. The zero-order chi connectivity index (χ0) is 5.70. The zero-order valence-corrected chi connectivity index (χ0v) is 6.53. The summed E-state index contributed by atoms with van der Waals surface area (Å²) in [5, 5.41) is 0. The minimum atomic E-state index is 1.00. The molecule has 0 amide bonds. The van der Waals surface area contributed by atoms with Crippen LogP contribution in [0.15, 0.2) is 0 Å². The lowest BCUT2D eigenvalue weighted by molar-refractivity contribution is 0.362. The molecule has 0 radical (unpaired) electrons. The van der Waals surface area contributed by atoms with E-state index < -0.39 is 0 Å². The van der Waals surface area contributed by atoms with E-state index in [4.69, 9.17) is 0 Å². The molecule has 7 heavy (non-hydrogen) atoms. The van der Waals surface area contributed by atoms with Crippen molar-refractivity contribution in [1.29, 1.82) is 0 Å². The van der Waals surface area contributed by atoms with Gasteiger partial charge in [-0.15, -0.1) is 0 Å². The Hall–Kier alpha value is 0.440. The van der Waals surface area contributed by atoms with Crippen molar-refractivity contribution >= 4 is 15.9 Å². The first-order valence-electron chi connectivity index (χ1n) is 2.63. The topological polar surface area (TPSA) is 3.24 Å². The van der Waals surface area contributed by atoms with E-state index in [-0.39, 0.29) is 0 Å². The van der Waals surface area contributed by atoms with E-state index in [0.717, 1.165) is 18.5 Å². The molecule has 0 saturated carbocycles. The third-order valence-electron chi connectivity index (χ3n) is 1.06. The molecule has 0 saturated heterocycles. The Morgan fingerprint density at radius 2 is 1.71 bits per heavy atom. The van der Waals surface area contributed by atoms with Crippen molar-refractivity contribution in [2.24, 2.45) is 0 Å². The molecule has 0 atom stereocenters. The summed E-state index contributed by atoms with van der Waals surface area (Å²) < 4.78 is 0. The van der Waals surface area contributed by atoms with Crippen LogP contribution >= 0.6 is 15.9 Å². The van der Waals surface area contributed by atoms with Gasteiger partial charge in [0.15, 0.2) is 0 Å². The van der Waals surface area contributed by atoms with E-state index >= 15 is 0 Å². The van der Waals surface area contributed by atoms with Gasteiger partial charge < -0.3 is 0 Å². The van der Waals surface area contributed by atoms with Crippen molar-refractivity contribution in [2.45, 2.75) is 13.8 Å². The second-order valence-corrected chi connectivity index (χ2v) is 1.92. The maximum atomic E-state index is 3.36. The van der Waals surface area contributed by atoms with E-state index in [0.29, 0.717) is 0 Å². The summed E-state index contributed by atoms with van der Waals surface area (Å²) in [7, 11) is 0. The summed E-state index contributed by atoms with van der Waals surface area (Å²) in [6, 6.07) is 0. The van der Waals surface area contributed by atoms with Crippen LogP contribution in [0, 0.1) is 0 Å². The fraction of sp³-hybridized carbons (Fsp3) is 1.00. The van der Waals surface area contributed by atoms with Crippen molar-refractivity contribution in [3.8, 4) is 0 Å². The number of rotatable bonds is 3. The molecule has 0 rings (SSSR count). The van der Waals surface area contributed by atoms with Crippen LogP contribution < -0.4 is 0 Å². The third-order valence-corrected chi connectivity index (χ3v) is 1.77. The number of nitrogens with zero attached hydrogens (tertiary/aromatic N) is 1. The van der Waals surface area contributed by atoms with Gasteiger partial charge in [0.2, 0.25) is 0 Å². The number of halogens is 1. The second-order valence-electron chi connectivity index (χ2n) is 1.42. The monoisotopic (exact) mass is 165 g/mol. The van der Waals surface area contributed by atoms with Crippen molar-refractivity contribution in [2.75, 3.05) is 18.5 Å². The largest absolute Gasteiger partial charge is 0.294 e. The molecule has 0 aromatic heterocycles. The maximum Gasteiger partial charge on any atom is 0.0542 e. The molecule has 0 unspecified atom stereocenters. The van der Waals surface area contributed by atoms with Crippen LogP contribution in [0.25, 0.3) is 0 Å². The molecule has 0 spiro atoms. The third kappa shape index (κ3) is 3.06. The first-order chi connectivity index (χ1) is 3.35. The van der Waals surface area contributed by atoms with Crippen LogP contribution in [0.3, 0.4) is 0 Å². The lowest BCUT2D eigenvalue weighted by Crippen LogP contribution is -2.20. The molecule has 0 aliphatic carbocycles. The predicted molar refractivity (Wildman–Crippen MR) is 36.7 cm³/mol. The summed E-state index contributed by atoms with van der Waals surface area (Å²) >= 11 is 3.36. The smallest absolute Gasteiger partial charge is 0.0542 e. The molecule has 44 valence electrons. The molecular weight excluding hydrogens is 154 g/mol. The second kappa shape index (κ2) is 4.60. The molecule has 0 aliphatic heterocycles. The summed E-state index contributed by atoms with van der Waals surface area (Å²) in [5.41, 5.74) is 1.00. The zero-order valence-electron chi connectivity index (χ0n) is 4.95. The van der Waals surface area contributed by atoms with Crippen LogP contribution in [0.4, 0.5) is 0 Å². The normalized spacial score (nSPS) is 10.3. The average molecular weight is 166 g/mol. The molecule has 0 fully saturated rings. The van der Waals surface area contributed by atoms with E-state index in [1.165, 1.54) is 0 Å².